The highest BCUT2D eigenvalue weighted by Gasteiger charge is 2.15. The minimum Gasteiger partial charge on any atom is -0.480 e. The Labute approximate surface area is 104 Å². The monoisotopic (exact) mass is 249 g/mol. The predicted molar refractivity (Wildman–Crippen MR) is 68.3 cm³/mol. The molecule has 0 aliphatic rings. The van der Waals surface area contributed by atoms with E-state index in [4.69, 9.17) is 22.4 Å². The Hall–Kier alpha value is -1.58. The summed E-state index contributed by atoms with van der Waals surface area (Å²) < 4.78 is 0. The number of carboxylic acid groups (broad SMARTS) is 1. The average Bonchev–Trinajstić information content (AvgIpc) is 2.33. The van der Waals surface area contributed by atoms with Crippen molar-refractivity contribution in [3.05, 3.63) is 47.0 Å². The van der Waals surface area contributed by atoms with Gasteiger partial charge in [-0.05, 0) is 17.4 Å². The molecule has 0 saturated carbocycles. The van der Waals surface area contributed by atoms with Gasteiger partial charge in [-0.25, -0.2) is 0 Å². The molecule has 1 atom stereocenters. The highest BCUT2D eigenvalue weighted by molar-refractivity contribution is 6.36. The van der Waals surface area contributed by atoms with Crippen LogP contribution >= 0.6 is 11.6 Å². The minimum absolute atomic E-state index is 0.235. The van der Waals surface area contributed by atoms with Gasteiger partial charge in [0.15, 0.2) is 0 Å². The van der Waals surface area contributed by atoms with Crippen molar-refractivity contribution < 1.29 is 9.90 Å². The van der Waals surface area contributed by atoms with Gasteiger partial charge in [-0.1, -0.05) is 48.0 Å². The second-order valence-electron chi connectivity index (χ2n) is 3.91. The van der Waals surface area contributed by atoms with E-state index in [2.05, 4.69) is 0 Å². The second kappa shape index (κ2) is 4.73. The van der Waals surface area contributed by atoms with Gasteiger partial charge in [0.05, 0.1) is 5.02 Å². The van der Waals surface area contributed by atoms with Crippen LogP contribution in [0.15, 0.2) is 36.4 Å². The molecule has 0 aromatic heterocycles. The molecule has 0 saturated heterocycles. The quantitative estimate of drug-likeness (QED) is 0.878. The molecule has 3 nitrogen and oxygen atoms in total. The fourth-order valence-corrected chi connectivity index (χ4v) is 2.07. The summed E-state index contributed by atoms with van der Waals surface area (Å²) in [6.07, 6.45) is 0.235. The molecule has 0 heterocycles. The van der Waals surface area contributed by atoms with Crippen LogP contribution in [0.2, 0.25) is 5.02 Å². The Morgan fingerprint density at radius 3 is 2.71 bits per heavy atom. The van der Waals surface area contributed by atoms with Gasteiger partial charge in [0.25, 0.3) is 0 Å². The van der Waals surface area contributed by atoms with E-state index in [1.54, 1.807) is 0 Å². The van der Waals surface area contributed by atoms with Crippen LogP contribution in [-0.2, 0) is 11.2 Å². The number of halogens is 1. The molecule has 2 rings (SSSR count). The number of hydrogen-bond acceptors (Lipinski definition) is 2. The molecule has 0 aliphatic carbocycles. The first-order chi connectivity index (χ1) is 8.09. The van der Waals surface area contributed by atoms with Gasteiger partial charge >= 0.3 is 5.97 Å². The molecule has 0 amide bonds. The van der Waals surface area contributed by atoms with Crippen LogP contribution in [0.5, 0.6) is 0 Å². The third kappa shape index (κ3) is 2.40. The highest BCUT2D eigenvalue weighted by atomic mass is 35.5. The van der Waals surface area contributed by atoms with Gasteiger partial charge in [-0.3, -0.25) is 4.79 Å². The summed E-state index contributed by atoms with van der Waals surface area (Å²) in [4.78, 5) is 10.7. The molecule has 0 bridgehead atoms. The SMILES string of the molecule is N[C@H](Cc1ccc2ccccc2c1Cl)C(=O)O. The molecule has 88 valence electrons. The maximum atomic E-state index is 10.7. The summed E-state index contributed by atoms with van der Waals surface area (Å²) in [7, 11) is 0. The summed E-state index contributed by atoms with van der Waals surface area (Å²) in [5.74, 6) is -1.02. The number of carbonyl (C=O) groups is 1. The first kappa shape index (κ1) is 11.9. The molecule has 17 heavy (non-hydrogen) atoms. The summed E-state index contributed by atoms with van der Waals surface area (Å²) in [6, 6.07) is 10.5. The number of rotatable bonds is 3. The summed E-state index contributed by atoms with van der Waals surface area (Å²) >= 11 is 6.24. The molecular weight excluding hydrogens is 238 g/mol. The molecule has 0 spiro atoms. The van der Waals surface area contributed by atoms with Gasteiger partial charge in [-0.2, -0.15) is 0 Å². The number of carboxylic acids is 1. The van der Waals surface area contributed by atoms with Gasteiger partial charge < -0.3 is 10.8 Å². The lowest BCUT2D eigenvalue weighted by Gasteiger charge is -2.10. The Morgan fingerprint density at radius 2 is 2.00 bits per heavy atom. The van der Waals surface area contributed by atoms with E-state index in [9.17, 15) is 4.79 Å². The molecule has 3 N–H and O–H groups in total. The van der Waals surface area contributed by atoms with E-state index in [0.717, 1.165) is 16.3 Å². The van der Waals surface area contributed by atoms with E-state index < -0.39 is 12.0 Å². The van der Waals surface area contributed by atoms with Crippen molar-refractivity contribution >= 4 is 28.3 Å². The molecule has 0 radical (unpaired) electrons. The van der Waals surface area contributed by atoms with Gasteiger partial charge in [-0.15, -0.1) is 0 Å². The minimum atomic E-state index is -1.02. The predicted octanol–water partition coefficient (Wildman–Crippen LogP) is 2.45. The van der Waals surface area contributed by atoms with Crippen molar-refractivity contribution in [2.75, 3.05) is 0 Å². The fraction of sp³-hybridized carbons (Fsp3) is 0.154. The molecule has 0 fully saturated rings. The van der Waals surface area contributed by atoms with Gasteiger partial charge in [0, 0.05) is 5.39 Å². The van der Waals surface area contributed by atoms with Crippen LogP contribution in [0.3, 0.4) is 0 Å². The molecule has 0 aliphatic heterocycles. The Balaban J connectivity index is 2.42. The third-order valence-corrected chi connectivity index (χ3v) is 3.15. The number of fused-ring (bicyclic) bond motifs is 1. The van der Waals surface area contributed by atoms with Crippen LogP contribution in [-0.4, -0.2) is 17.1 Å². The van der Waals surface area contributed by atoms with Crippen LogP contribution in [0, 0.1) is 0 Å². The number of hydrogen-bond donors (Lipinski definition) is 2. The van der Waals surface area contributed by atoms with Crippen molar-refractivity contribution in [3.8, 4) is 0 Å². The lowest BCUT2D eigenvalue weighted by Crippen LogP contribution is -2.32. The summed E-state index contributed by atoms with van der Waals surface area (Å²) in [5, 5.41) is 11.3. The lowest BCUT2D eigenvalue weighted by molar-refractivity contribution is -0.138. The summed E-state index contributed by atoms with van der Waals surface area (Å²) in [5.41, 5.74) is 6.27. The number of nitrogens with two attached hydrogens (primary N) is 1. The second-order valence-corrected chi connectivity index (χ2v) is 4.29. The molecule has 2 aromatic carbocycles. The van der Waals surface area contributed by atoms with Gasteiger partial charge in [0.1, 0.15) is 6.04 Å². The highest BCUT2D eigenvalue weighted by Crippen LogP contribution is 2.27. The zero-order valence-corrected chi connectivity index (χ0v) is 9.82. The zero-order valence-electron chi connectivity index (χ0n) is 9.06. The van der Waals surface area contributed by atoms with Crippen molar-refractivity contribution in [3.63, 3.8) is 0 Å². The average molecular weight is 250 g/mol. The largest absolute Gasteiger partial charge is 0.480 e. The molecule has 0 unspecified atom stereocenters. The smallest absolute Gasteiger partial charge is 0.320 e. The van der Waals surface area contributed by atoms with Crippen molar-refractivity contribution in [2.24, 2.45) is 5.73 Å². The van der Waals surface area contributed by atoms with E-state index >= 15 is 0 Å². The molecule has 4 heteroatoms. The van der Waals surface area contributed by atoms with E-state index in [0.29, 0.717) is 5.02 Å². The van der Waals surface area contributed by atoms with Crippen LogP contribution in [0.4, 0.5) is 0 Å². The molecule has 2 aromatic rings. The van der Waals surface area contributed by atoms with Crippen molar-refractivity contribution in [1.29, 1.82) is 0 Å². The Kier molecular flexibility index (Phi) is 3.31. The van der Waals surface area contributed by atoms with E-state index in [-0.39, 0.29) is 6.42 Å². The normalized spacial score (nSPS) is 12.6. The topological polar surface area (TPSA) is 63.3 Å². The summed E-state index contributed by atoms with van der Waals surface area (Å²) in [6.45, 7) is 0. The van der Waals surface area contributed by atoms with Crippen LogP contribution in [0.25, 0.3) is 10.8 Å². The Bertz CT molecular complexity index is 568. The van der Waals surface area contributed by atoms with Crippen LogP contribution < -0.4 is 5.73 Å². The number of benzene rings is 2. The van der Waals surface area contributed by atoms with E-state index in [1.165, 1.54) is 0 Å². The van der Waals surface area contributed by atoms with Crippen molar-refractivity contribution in [1.82, 2.24) is 0 Å². The standard InChI is InChI=1S/C13H12ClNO2/c14-12-9(7-11(15)13(16)17)6-5-8-3-1-2-4-10(8)12/h1-6,11H,7,15H2,(H,16,17)/t11-/m1/s1. The first-order valence-electron chi connectivity index (χ1n) is 5.24. The number of aliphatic carboxylic acids is 1. The third-order valence-electron chi connectivity index (χ3n) is 2.70. The zero-order chi connectivity index (χ0) is 12.4. The maximum absolute atomic E-state index is 10.7. The van der Waals surface area contributed by atoms with Crippen LogP contribution in [0.1, 0.15) is 5.56 Å². The fourth-order valence-electron chi connectivity index (χ4n) is 1.76. The van der Waals surface area contributed by atoms with Crippen molar-refractivity contribution in [2.45, 2.75) is 12.5 Å². The first-order valence-corrected chi connectivity index (χ1v) is 5.62. The Morgan fingerprint density at radius 1 is 1.29 bits per heavy atom. The van der Waals surface area contributed by atoms with E-state index in [1.807, 2.05) is 36.4 Å². The molecular formula is C13H12ClNO2. The maximum Gasteiger partial charge on any atom is 0.320 e. The lowest BCUT2D eigenvalue weighted by atomic mass is 10.0. The van der Waals surface area contributed by atoms with Gasteiger partial charge in [0.2, 0.25) is 0 Å².